The third kappa shape index (κ3) is 15.0. The lowest BCUT2D eigenvalue weighted by Crippen LogP contribution is -2.42. The molecule has 2 aromatic heterocycles. The highest BCUT2D eigenvalue weighted by molar-refractivity contribution is 8.13. The van der Waals surface area contributed by atoms with Crippen molar-refractivity contribution in [2.24, 2.45) is 5.41 Å². The number of thioether (sulfide) groups is 1. The van der Waals surface area contributed by atoms with Crippen molar-refractivity contribution in [3.63, 3.8) is 0 Å². The van der Waals surface area contributed by atoms with E-state index < -0.39 is 44.1 Å². The quantitative estimate of drug-likeness (QED) is 0.0236. The zero-order valence-corrected chi connectivity index (χ0v) is 49.3. The summed E-state index contributed by atoms with van der Waals surface area (Å²) in [5.74, 6) is 2.22. The van der Waals surface area contributed by atoms with E-state index in [4.69, 9.17) is 47.4 Å². The van der Waals surface area contributed by atoms with Gasteiger partial charge in [-0.15, -0.1) is 0 Å². The molecule has 81 heavy (non-hydrogen) atoms. The van der Waals surface area contributed by atoms with E-state index in [2.05, 4.69) is 37.3 Å². The van der Waals surface area contributed by atoms with Gasteiger partial charge in [-0.3, -0.25) is 19.0 Å². The molecule has 5 atom stereocenters. The molecular weight excluding hydrogens is 1070 g/mol. The highest BCUT2D eigenvalue weighted by atomic mass is 32.2. The molecule has 3 heterocycles. The fraction of sp³-hybridized carbons (Fsp3) is 0.397. The van der Waals surface area contributed by atoms with Crippen LogP contribution in [0.3, 0.4) is 0 Å². The van der Waals surface area contributed by atoms with Crippen LogP contribution in [0.15, 0.2) is 152 Å². The summed E-state index contributed by atoms with van der Waals surface area (Å²) in [7, 11) is 3.00. The number of imidazole rings is 1. The van der Waals surface area contributed by atoms with Crippen molar-refractivity contribution < 1.29 is 51.9 Å². The Labute approximate surface area is 481 Å². The van der Waals surface area contributed by atoms with Crippen molar-refractivity contribution in [1.82, 2.24) is 24.2 Å². The van der Waals surface area contributed by atoms with Gasteiger partial charge in [0.25, 0.3) is 8.53 Å². The van der Waals surface area contributed by atoms with Gasteiger partial charge >= 0.3 is 0 Å². The smallest absolute Gasteiger partial charge is 0.259 e. The minimum absolute atomic E-state index is 0.0165. The summed E-state index contributed by atoms with van der Waals surface area (Å²) in [6.45, 7) is 12.2. The molecule has 0 aliphatic carbocycles. The van der Waals surface area contributed by atoms with Gasteiger partial charge in [-0.1, -0.05) is 129 Å². The Kier molecular flexibility index (Phi) is 21.4. The van der Waals surface area contributed by atoms with Gasteiger partial charge in [0.05, 0.1) is 45.9 Å². The standard InChI is InChI=1S/C63H74N5O11PS/c1-43(2)68(44(3)4)80(77-35-36-81-61(71)62(5,6)34-33-49(69)37-45-19-13-10-14-20-45)79-57-55(40-76-63(46-21-15-11-16-22-46,47-25-29-51(72-7)30-26-47)48-27-31-52(73-8)32-28-48)78-60(58(57)74-9)67-42-66-56-54(64-41-65-59(56)67)38-50(70)39-75-53-23-17-12-18-24-53/h10-32,41-44,55,57-58,60H,33-40H2,1-9H3. The monoisotopic (exact) mass is 1140 g/mol. The van der Waals surface area contributed by atoms with Gasteiger partial charge in [-0.25, -0.2) is 19.6 Å². The Hall–Kier alpha value is -6.40. The zero-order chi connectivity index (χ0) is 57.5. The van der Waals surface area contributed by atoms with E-state index in [-0.39, 0.29) is 55.0 Å². The summed E-state index contributed by atoms with van der Waals surface area (Å²) in [5, 5.41) is -0.0165. The number of carbonyl (C=O) groups excluding carboxylic acids is 3. The second-order valence-electron chi connectivity index (χ2n) is 21.0. The maximum absolute atomic E-state index is 13.8. The van der Waals surface area contributed by atoms with Gasteiger partial charge in [0.15, 0.2) is 22.8 Å². The Morgan fingerprint density at radius 2 is 1.30 bits per heavy atom. The second kappa shape index (κ2) is 28.5. The summed E-state index contributed by atoms with van der Waals surface area (Å²) in [4.78, 5) is 54.1. The first-order chi connectivity index (χ1) is 39.1. The molecule has 0 spiro atoms. The summed E-state index contributed by atoms with van der Waals surface area (Å²) < 4.78 is 56.4. The number of Topliss-reactive ketones (excluding diaryl/α,β-unsaturated/α-hetero) is 2. The lowest BCUT2D eigenvalue weighted by atomic mass is 9.80. The van der Waals surface area contributed by atoms with Crippen LogP contribution >= 0.6 is 20.3 Å². The van der Waals surface area contributed by atoms with Crippen LogP contribution in [-0.2, 0) is 56.1 Å². The molecule has 0 radical (unpaired) electrons. The highest BCUT2D eigenvalue weighted by Crippen LogP contribution is 2.52. The van der Waals surface area contributed by atoms with E-state index in [1.165, 1.54) is 18.1 Å². The predicted molar refractivity (Wildman–Crippen MR) is 314 cm³/mol. The van der Waals surface area contributed by atoms with Gasteiger partial charge in [0.2, 0.25) is 0 Å². The fourth-order valence-electron chi connectivity index (χ4n) is 10.0. The predicted octanol–water partition coefficient (Wildman–Crippen LogP) is 11.6. The Bertz CT molecular complexity index is 3060. The number of hydrogen-bond acceptors (Lipinski definition) is 16. The first-order valence-corrected chi connectivity index (χ1v) is 29.4. The number of methoxy groups -OCH3 is 3. The Morgan fingerprint density at radius 3 is 1.89 bits per heavy atom. The lowest BCUT2D eigenvalue weighted by molar-refractivity contribution is -0.121. The molecule has 0 amide bonds. The lowest BCUT2D eigenvalue weighted by Gasteiger charge is -2.39. The van der Waals surface area contributed by atoms with Gasteiger partial charge in [-0.05, 0) is 92.8 Å². The van der Waals surface area contributed by atoms with Crippen LogP contribution in [0.1, 0.15) is 88.6 Å². The summed E-state index contributed by atoms with van der Waals surface area (Å²) in [5.41, 5.74) is 2.80. The number of ether oxygens (including phenoxy) is 6. The van der Waals surface area contributed by atoms with Crippen LogP contribution in [0.25, 0.3) is 11.2 Å². The first kappa shape index (κ1) is 60.7. The van der Waals surface area contributed by atoms with E-state index in [9.17, 15) is 14.4 Å². The molecule has 1 fully saturated rings. The fourth-order valence-corrected chi connectivity index (χ4v) is 12.7. The highest BCUT2D eigenvalue weighted by Gasteiger charge is 2.51. The largest absolute Gasteiger partial charge is 0.497 e. The molecular formula is C63H74N5O11PS. The molecule has 16 nitrogen and oxygen atoms in total. The van der Waals surface area contributed by atoms with Crippen molar-refractivity contribution in [3.05, 3.63) is 180 Å². The normalized spacial score (nSPS) is 17.0. The van der Waals surface area contributed by atoms with Crippen molar-refractivity contribution in [2.45, 2.75) is 109 Å². The average molecular weight is 1140 g/mol. The number of benzene rings is 5. The van der Waals surface area contributed by atoms with Crippen LogP contribution in [0.4, 0.5) is 0 Å². The number of para-hydroxylation sites is 1. The number of carbonyl (C=O) groups is 3. The third-order valence-electron chi connectivity index (χ3n) is 14.2. The van der Waals surface area contributed by atoms with Crippen molar-refractivity contribution in [1.29, 1.82) is 0 Å². The molecule has 0 bridgehead atoms. The molecule has 0 saturated carbocycles. The summed E-state index contributed by atoms with van der Waals surface area (Å²) in [6.07, 6.45) is 0.705. The SMILES string of the molecule is COc1ccc(C(OCC2OC(n3cnc4c(CC(=O)COc5ccccc5)ncnc43)C(OC)C2OP(OCCSC(=O)C(C)(C)CCC(=O)Cc2ccccc2)N(C(C)C)C(C)C)(c2ccccc2)c2ccc(OC)cc2)cc1. The van der Waals surface area contributed by atoms with Gasteiger partial charge in [0, 0.05) is 43.2 Å². The average Bonchev–Trinajstić information content (AvgIpc) is 4.12. The summed E-state index contributed by atoms with van der Waals surface area (Å²) in [6, 6.07) is 44.4. The van der Waals surface area contributed by atoms with E-state index in [0.29, 0.717) is 59.1 Å². The molecule has 0 N–H and O–H groups in total. The van der Waals surface area contributed by atoms with Crippen LogP contribution in [0, 0.1) is 5.41 Å². The number of fused-ring (bicyclic) bond motifs is 1. The van der Waals surface area contributed by atoms with Gasteiger partial charge in [-0.2, -0.15) is 0 Å². The molecule has 1 saturated heterocycles. The van der Waals surface area contributed by atoms with Gasteiger partial charge in [0.1, 0.15) is 65.4 Å². The molecule has 5 unspecified atom stereocenters. The van der Waals surface area contributed by atoms with E-state index >= 15 is 0 Å². The molecule has 8 rings (SSSR count). The van der Waals surface area contributed by atoms with Crippen LogP contribution < -0.4 is 14.2 Å². The maximum atomic E-state index is 13.8. The van der Waals surface area contributed by atoms with Crippen molar-refractivity contribution >= 4 is 48.1 Å². The minimum Gasteiger partial charge on any atom is -0.497 e. The molecule has 18 heteroatoms. The Morgan fingerprint density at radius 1 is 0.704 bits per heavy atom. The van der Waals surface area contributed by atoms with Crippen LogP contribution in [0.2, 0.25) is 0 Å². The van der Waals surface area contributed by atoms with E-state index in [0.717, 1.165) is 22.3 Å². The number of aromatic nitrogens is 4. The number of nitrogens with zero attached hydrogens (tertiary/aromatic N) is 5. The summed E-state index contributed by atoms with van der Waals surface area (Å²) >= 11 is 1.20. The van der Waals surface area contributed by atoms with Crippen LogP contribution in [-0.4, -0.2) is 118 Å². The number of ketones is 2. The van der Waals surface area contributed by atoms with Crippen molar-refractivity contribution in [2.75, 3.05) is 46.9 Å². The van der Waals surface area contributed by atoms with Gasteiger partial charge < -0.3 is 37.5 Å². The van der Waals surface area contributed by atoms with E-state index in [1.54, 1.807) is 44.4 Å². The number of rotatable bonds is 30. The molecule has 7 aromatic rings. The second-order valence-corrected chi connectivity index (χ2v) is 23.4. The third-order valence-corrected chi connectivity index (χ3v) is 17.5. The van der Waals surface area contributed by atoms with Crippen LogP contribution in [0.5, 0.6) is 17.2 Å². The van der Waals surface area contributed by atoms with E-state index in [1.807, 2.05) is 141 Å². The van der Waals surface area contributed by atoms with Crippen molar-refractivity contribution in [3.8, 4) is 17.2 Å². The molecule has 1 aliphatic heterocycles. The Balaban J connectivity index is 1.11. The minimum atomic E-state index is -1.88. The molecule has 5 aromatic carbocycles. The number of hydrogen-bond donors (Lipinski definition) is 0. The first-order valence-electron chi connectivity index (χ1n) is 27.3. The molecule has 1 aliphatic rings. The maximum Gasteiger partial charge on any atom is 0.259 e. The zero-order valence-electron chi connectivity index (χ0n) is 47.6. The molecule has 428 valence electrons. The topological polar surface area (TPSA) is 172 Å².